The van der Waals surface area contributed by atoms with Crippen molar-refractivity contribution in [3.8, 4) is 28.2 Å². The topological polar surface area (TPSA) is 113 Å². The zero-order valence-corrected chi connectivity index (χ0v) is 20.2. The molecular formula is C27H25N9. The lowest BCUT2D eigenvalue weighted by Crippen LogP contribution is -2.04. The number of anilines is 1. The van der Waals surface area contributed by atoms with Gasteiger partial charge in [0.25, 0.3) is 0 Å². The first-order chi connectivity index (χ1) is 17.5. The summed E-state index contributed by atoms with van der Waals surface area (Å²) in [6, 6.07) is 8.19. The van der Waals surface area contributed by atoms with Gasteiger partial charge in [0.15, 0.2) is 5.65 Å². The average molecular weight is 476 g/mol. The van der Waals surface area contributed by atoms with Gasteiger partial charge in [-0.1, -0.05) is 20.4 Å². The van der Waals surface area contributed by atoms with Gasteiger partial charge >= 0.3 is 0 Å². The molecule has 0 aliphatic heterocycles. The summed E-state index contributed by atoms with van der Waals surface area (Å²) in [6.07, 6.45) is 11.0. The number of hydrogen-bond acceptors (Lipinski definition) is 6. The number of H-pyrrole nitrogens is 2. The molecule has 3 N–H and O–H groups in total. The third-order valence-corrected chi connectivity index (χ3v) is 6.25. The first kappa shape index (κ1) is 21.7. The molecule has 0 saturated heterocycles. The molecule has 0 aromatic carbocycles. The van der Waals surface area contributed by atoms with Crippen molar-refractivity contribution < 1.29 is 0 Å². The van der Waals surface area contributed by atoms with E-state index in [-0.39, 0.29) is 0 Å². The van der Waals surface area contributed by atoms with Gasteiger partial charge in [-0.3, -0.25) is 10.1 Å². The van der Waals surface area contributed by atoms with Crippen LogP contribution in [0.4, 0.5) is 5.69 Å². The Bertz CT molecular complexity index is 1740. The van der Waals surface area contributed by atoms with Crippen molar-refractivity contribution in [3.63, 3.8) is 0 Å². The van der Waals surface area contributed by atoms with Crippen molar-refractivity contribution >= 4 is 27.8 Å². The second-order valence-electron chi connectivity index (χ2n) is 9.16. The number of rotatable bonds is 6. The van der Waals surface area contributed by atoms with E-state index >= 15 is 0 Å². The summed E-state index contributed by atoms with van der Waals surface area (Å²) in [7, 11) is 0. The highest BCUT2D eigenvalue weighted by molar-refractivity contribution is 5.97. The zero-order valence-electron chi connectivity index (χ0n) is 20.2. The van der Waals surface area contributed by atoms with Gasteiger partial charge < -0.3 is 14.9 Å². The zero-order chi connectivity index (χ0) is 24.8. The number of allylic oxidation sites excluding steroid dienone is 1. The third-order valence-electron chi connectivity index (χ3n) is 6.25. The maximum absolute atomic E-state index is 4.59. The largest absolute Gasteiger partial charge is 0.358 e. The molecule has 6 aromatic rings. The number of aromatic amines is 2. The molecule has 0 unspecified atom stereocenters. The molecule has 0 aliphatic rings. The van der Waals surface area contributed by atoms with Crippen LogP contribution in [-0.4, -0.2) is 39.7 Å². The number of aromatic nitrogens is 8. The predicted octanol–water partition coefficient (Wildman–Crippen LogP) is 5.64. The van der Waals surface area contributed by atoms with E-state index in [1.807, 2.05) is 42.5 Å². The van der Waals surface area contributed by atoms with Gasteiger partial charge in [-0.15, -0.1) is 0 Å². The van der Waals surface area contributed by atoms with Crippen LogP contribution in [-0.2, 0) is 0 Å². The van der Waals surface area contributed by atoms with Gasteiger partial charge in [0, 0.05) is 52.4 Å². The number of aryl methyl sites for hydroxylation is 1. The molecule has 0 spiro atoms. The number of hydrogen-bond donors (Lipinski definition) is 3. The molecule has 6 rings (SSSR count). The minimum absolute atomic E-state index is 0.323. The maximum Gasteiger partial charge on any atom is 0.181 e. The Morgan fingerprint density at radius 3 is 2.69 bits per heavy atom. The molecular weight excluding hydrogens is 450 g/mol. The smallest absolute Gasteiger partial charge is 0.181 e. The lowest BCUT2D eigenvalue weighted by molar-refractivity contribution is 0.778. The quantitative estimate of drug-likeness (QED) is 0.287. The molecule has 0 fully saturated rings. The maximum atomic E-state index is 4.59. The lowest BCUT2D eigenvalue weighted by Gasteiger charge is -2.13. The molecule has 0 amide bonds. The SMILES string of the molecule is C=C(Nc1cncc(-c2cnc3n[nH]c(-c4cc5c(-n6cnc(C)c6)ccnc5[nH]4)c3c2)c1)C(C)C. The van der Waals surface area contributed by atoms with Crippen molar-refractivity contribution in [1.29, 1.82) is 0 Å². The van der Waals surface area contributed by atoms with Crippen LogP contribution < -0.4 is 5.32 Å². The fourth-order valence-corrected chi connectivity index (χ4v) is 4.18. The Balaban J connectivity index is 1.41. The summed E-state index contributed by atoms with van der Waals surface area (Å²) in [4.78, 5) is 21.3. The summed E-state index contributed by atoms with van der Waals surface area (Å²) in [6.45, 7) is 10.3. The Hall–Kier alpha value is -4.79. The Kier molecular flexibility index (Phi) is 5.10. The van der Waals surface area contributed by atoms with Crippen molar-refractivity contribution in [2.45, 2.75) is 20.8 Å². The molecule has 9 heteroatoms. The minimum atomic E-state index is 0.323. The van der Waals surface area contributed by atoms with Crippen molar-refractivity contribution in [2.75, 3.05) is 5.32 Å². The second kappa shape index (κ2) is 8.46. The van der Waals surface area contributed by atoms with Gasteiger partial charge in [-0.2, -0.15) is 5.10 Å². The van der Waals surface area contributed by atoms with Crippen molar-refractivity contribution in [3.05, 3.63) is 79.5 Å². The molecule has 0 atom stereocenters. The number of fused-ring (bicyclic) bond motifs is 2. The van der Waals surface area contributed by atoms with Crippen LogP contribution in [0.25, 0.3) is 50.3 Å². The van der Waals surface area contributed by atoms with E-state index in [1.165, 1.54) is 0 Å². The van der Waals surface area contributed by atoms with Gasteiger partial charge in [0.05, 0.1) is 41.0 Å². The standard InChI is InChI=1S/C27H25N9/c1-15(2)17(4)32-20-7-18(10-28-12-20)19-8-22-25(34-35-27(22)30-11-19)23-9-21-24(5-6-29-26(21)33-23)36-13-16(3)31-14-36/h5-15,32H,4H2,1-3H3,(H,29,33)(H,30,34,35). The van der Waals surface area contributed by atoms with E-state index < -0.39 is 0 Å². The Morgan fingerprint density at radius 2 is 1.89 bits per heavy atom. The van der Waals surface area contributed by atoms with E-state index in [0.717, 1.165) is 61.7 Å². The van der Waals surface area contributed by atoms with Crippen LogP contribution >= 0.6 is 0 Å². The van der Waals surface area contributed by atoms with Crippen LogP contribution in [0, 0.1) is 12.8 Å². The summed E-state index contributed by atoms with van der Waals surface area (Å²) in [5.41, 5.74) is 8.84. The minimum Gasteiger partial charge on any atom is -0.358 e. The lowest BCUT2D eigenvalue weighted by atomic mass is 10.1. The summed E-state index contributed by atoms with van der Waals surface area (Å²) in [5.74, 6) is 0.323. The summed E-state index contributed by atoms with van der Waals surface area (Å²) >= 11 is 0. The molecule has 0 aliphatic carbocycles. The van der Waals surface area contributed by atoms with Gasteiger partial charge in [-0.05, 0) is 37.1 Å². The summed E-state index contributed by atoms with van der Waals surface area (Å²) < 4.78 is 2.00. The molecule has 36 heavy (non-hydrogen) atoms. The molecule has 6 aromatic heterocycles. The fraction of sp³-hybridized carbons (Fsp3) is 0.148. The van der Waals surface area contributed by atoms with E-state index in [1.54, 1.807) is 12.4 Å². The van der Waals surface area contributed by atoms with Crippen LogP contribution in [0.1, 0.15) is 19.5 Å². The summed E-state index contributed by atoms with van der Waals surface area (Å²) in [5, 5.41) is 12.8. The Labute approximate surface area is 207 Å². The molecule has 0 bridgehead atoms. The van der Waals surface area contributed by atoms with Crippen LogP contribution in [0.3, 0.4) is 0 Å². The van der Waals surface area contributed by atoms with Crippen LogP contribution in [0.2, 0.25) is 0 Å². The molecule has 178 valence electrons. The highest BCUT2D eigenvalue weighted by atomic mass is 15.2. The highest BCUT2D eigenvalue weighted by Crippen LogP contribution is 2.32. The van der Waals surface area contributed by atoms with E-state index in [0.29, 0.717) is 11.6 Å². The number of imidazole rings is 1. The van der Waals surface area contributed by atoms with Crippen LogP contribution in [0.15, 0.2) is 73.9 Å². The number of pyridine rings is 3. The van der Waals surface area contributed by atoms with E-state index in [9.17, 15) is 0 Å². The van der Waals surface area contributed by atoms with Gasteiger partial charge in [0.2, 0.25) is 0 Å². The molecule has 6 heterocycles. The number of nitrogens with one attached hydrogen (secondary N) is 3. The van der Waals surface area contributed by atoms with E-state index in [2.05, 4.69) is 79.1 Å². The third kappa shape index (κ3) is 3.80. The van der Waals surface area contributed by atoms with Crippen molar-refractivity contribution in [1.82, 2.24) is 39.7 Å². The Morgan fingerprint density at radius 1 is 1.03 bits per heavy atom. The fourth-order valence-electron chi connectivity index (χ4n) is 4.18. The van der Waals surface area contributed by atoms with Crippen molar-refractivity contribution in [2.24, 2.45) is 5.92 Å². The van der Waals surface area contributed by atoms with E-state index in [4.69, 9.17) is 0 Å². The first-order valence-electron chi connectivity index (χ1n) is 11.7. The van der Waals surface area contributed by atoms with Gasteiger partial charge in [-0.25, -0.2) is 15.0 Å². The highest BCUT2D eigenvalue weighted by Gasteiger charge is 2.15. The van der Waals surface area contributed by atoms with Crippen LogP contribution in [0.5, 0.6) is 0 Å². The van der Waals surface area contributed by atoms with Gasteiger partial charge in [0.1, 0.15) is 5.65 Å². The number of nitrogens with zero attached hydrogens (tertiary/aromatic N) is 6. The molecule has 0 saturated carbocycles. The first-order valence-corrected chi connectivity index (χ1v) is 11.7. The molecule has 9 nitrogen and oxygen atoms in total. The monoisotopic (exact) mass is 475 g/mol. The average Bonchev–Trinajstić information content (AvgIpc) is 3.61. The second-order valence-corrected chi connectivity index (χ2v) is 9.16. The molecule has 0 radical (unpaired) electrons. The predicted molar refractivity (Wildman–Crippen MR) is 142 cm³/mol. The normalized spacial score (nSPS) is 11.6.